The van der Waals surface area contributed by atoms with Crippen LogP contribution in [-0.4, -0.2) is 26.3 Å². The zero-order chi connectivity index (χ0) is 17.8. The molecular weight excluding hydrogens is 330 g/mol. The van der Waals surface area contributed by atoms with Gasteiger partial charge in [-0.15, -0.1) is 10.2 Å². The first-order chi connectivity index (χ1) is 12.1. The van der Waals surface area contributed by atoms with Crippen molar-refractivity contribution >= 4 is 17.5 Å². The molecule has 5 heteroatoms. The lowest BCUT2D eigenvalue weighted by atomic mass is 10.1. The predicted molar refractivity (Wildman–Crippen MR) is 102 cm³/mol. The molecule has 0 saturated heterocycles. The first-order valence-corrected chi connectivity index (χ1v) is 9.29. The molecule has 0 fully saturated rings. The number of aromatic nitrogens is 3. The average molecular weight is 351 g/mol. The molecule has 0 spiro atoms. The third kappa shape index (κ3) is 3.99. The number of hydrogen-bond donors (Lipinski definition) is 0. The Morgan fingerprint density at radius 3 is 2.56 bits per heavy atom. The lowest BCUT2D eigenvalue weighted by Crippen LogP contribution is -2.05. The van der Waals surface area contributed by atoms with Gasteiger partial charge >= 0.3 is 0 Å². The molecule has 3 rings (SSSR count). The van der Waals surface area contributed by atoms with Crippen LogP contribution in [0.3, 0.4) is 0 Å². The van der Waals surface area contributed by atoms with Crippen molar-refractivity contribution < 1.29 is 4.79 Å². The summed E-state index contributed by atoms with van der Waals surface area (Å²) in [7, 11) is 0. The van der Waals surface area contributed by atoms with Crippen LogP contribution < -0.4 is 0 Å². The van der Waals surface area contributed by atoms with Crippen molar-refractivity contribution in [3.05, 3.63) is 71.0 Å². The number of ketones is 1. The molecule has 0 aliphatic carbocycles. The highest BCUT2D eigenvalue weighted by molar-refractivity contribution is 7.99. The fraction of sp³-hybridized carbons (Fsp3) is 0.250. The average Bonchev–Trinajstić information content (AvgIpc) is 3.08. The van der Waals surface area contributed by atoms with Crippen molar-refractivity contribution in [3.63, 3.8) is 0 Å². The van der Waals surface area contributed by atoms with Gasteiger partial charge < -0.3 is 0 Å². The number of benzene rings is 2. The van der Waals surface area contributed by atoms with E-state index in [1.54, 1.807) is 6.33 Å². The van der Waals surface area contributed by atoms with Crippen LogP contribution in [0.5, 0.6) is 0 Å². The second-order valence-electron chi connectivity index (χ2n) is 6.04. The Kier molecular flexibility index (Phi) is 5.34. The quantitative estimate of drug-likeness (QED) is 0.487. The molecule has 0 N–H and O–H groups in total. The van der Waals surface area contributed by atoms with Crippen molar-refractivity contribution in [2.45, 2.75) is 32.3 Å². The van der Waals surface area contributed by atoms with Crippen molar-refractivity contribution in [2.24, 2.45) is 0 Å². The fourth-order valence-electron chi connectivity index (χ4n) is 2.70. The van der Waals surface area contributed by atoms with Gasteiger partial charge in [-0.1, -0.05) is 60.6 Å². The molecule has 0 saturated carbocycles. The van der Waals surface area contributed by atoms with Gasteiger partial charge in [-0.05, 0) is 37.5 Å². The van der Waals surface area contributed by atoms with Gasteiger partial charge in [-0.2, -0.15) is 0 Å². The number of hydrogen-bond acceptors (Lipinski definition) is 4. The van der Waals surface area contributed by atoms with Crippen LogP contribution in [0.25, 0.3) is 5.69 Å². The fourth-order valence-corrected chi connectivity index (χ4v) is 3.52. The monoisotopic (exact) mass is 351 g/mol. The molecule has 0 amide bonds. The van der Waals surface area contributed by atoms with E-state index in [1.165, 1.54) is 22.9 Å². The molecule has 25 heavy (non-hydrogen) atoms. The first-order valence-electron chi connectivity index (χ1n) is 8.31. The van der Waals surface area contributed by atoms with Gasteiger partial charge in [0, 0.05) is 5.56 Å². The minimum Gasteiger partial charge on any atom is -0.293 e. The summed E-state index contributed by atoms with van der Waals surface area (Å²) < 4.78 is 1.94. The minimum atomic E-state index is 0.0998. The maximum Gasteiger partial charge on any atom is 0.196 e. The van der Waals surface area contributed by atoms with E-state index in [1.807, 2.05) is 28.8 Å². The molecule has 0 bridgehead atoms. The number of nitrogens with zero attached hydrogens (tertiary/aromatic N) is 3. The van der Waals surface area contributed by atoms with Crippen LogP contribution in [0, 0.1) is 13.8 Å². The molecule has 1 heterocycles. The largest absolute Gasteiger partial charge is 0.293 e. The van der Waals surface area contributed by atoms with E-state index in [0.717, 1.165) is 28.4 Å². The van der Waals surface area contributed by atoms with E-state index in [-0.39, 0.29) is 5.78 Å². The van der Waals surface area contributed by atoms with Gasteiger partial charge in [0.1, 0.15) is 6.33 Å². The van der Waals surface area contributed by atoms with Gasteiger partial charge in [0.25, 0.3) is 0 Å². The Morgan fingerprint density at radius 2 is 1.88 bits per heavy atom. The zero-order valence-electron chi connectivity index (χ0n) is 14.7. The highest BCUT2D eigenvalue weighted by atomic mass is 32.2. The molecule has 0 atom stereocenters. The van der Waals surface area contributed by atoms with Crippen LogP contribution in [0.2, 0.25) is 0 Å². The molecule has 3 aromatic rings. The van der Waals surface area contributed by atoms with Gasteiger partial charge in [0.15, 0.2) is 10.9 Å². The van der Waals surface area contributed by atoms with Crippen LogP contribution in [0.4, 0.5) is 0 Å². The maximum atomic E-state index is 12.4. The van der Waals surface area contributed by atoms with Gasteiger partial charge in [0.05, 0.1) is 11.4 Å². The van der Waals surface area contributed by atoms with Crippen molar-refractivity contribution in [1.29, 1.82) is 0 Å². The lowest BCUT2D eigenvalue weighted by Gasteiger charge is -2.10. The maximum absolute atomic E-state index is 12.4. The normalized spacial score (nSPS) is 10.8. The van der Waals surface area contributed by atoms with E-state index in [2.05, 4.69) is 49.2 Å². The smallest absolute Gasteiger partial charge is 0.196 e. The standard InChI is InChI=1S/C20H21N3OS/c1-4-16-6-8-17(9-7-16)19(24)12-25-20-22-21-13-23(20)18-10-5-14(2)11-15(18)3/h5-11,13H,4,12H2,1-3H3. The molecular formula is C20H21N3OS. The third-order valence-electron chi connectivity index (χ3n) is 4.14. The molecule has 4 nitrogen and oxygen atoms in total. The summed E-state index contributed by atoms with van der Waals surface area (Å²) in [6, 6.07) is 14.1. The van der Waals surface area contributed by atoms with Gasteiger partial charge in [-0.25, -0.2) is 0 Å². The number of carbonyl (C=O) groups is 1. The number of thioether (sulfide) groups is 1. The van der Waals surface area contributed by atoms with Crippen LogP contribution >= 0.6 is 11.8 Å². The van der Waals surface area contributed by atoms with E-state index < -0.39 is 0 Å². The van der Waals surface area contributed by atoms with E-state index >= 15 is 0 Å². The lowest BCUT2D eigenvalue weighted by molar-refractivity contribution is 0.102. The number of rotatable bonds is 6. The highest BCUT2D eigenvalue weighted by Crippen LogP contribution is 2.23. The number of Topliss-reactive ketones (excluding diaryl/α,β-unsaturated/α-hetero) is 1. The number of carbonyl (C=O) groups excluding carboxylic acids is 1. The molecule has 2 aromatic carbocycles. The zero-order valence-corrected chi connectivity index (χ0v) is 15.5. The second-order valence-corrected chi connectivity index (χ2v) is 6.98. The molecule has 0 unspecified atom stereocenters. The Morgan fingerprint density at radius 1 is 1.12 bits per heavy atom. The summed E-state index contributed by atoms with van der Waals surface area (Å²) in [4.78, 5) is 12.4. The SMILES string of the molecule is CCc1ccc(C(=O)CSc2nncn2-c2ccc(C)cc2C)cc1. The summed E-state index contributed by atoms with van der Waals surface area (Å²) in [5, 5.41) is 8.92. The number of aryl methyl sites for hydroxylation is 3. The van der Waals surface area contributed by atoms with Crippen LogP contribution in [0.15, 0.2) is 53.9 Å². The molecule has 0 radical (unpaired) electrons. The Balaban J connectivity index is 1.74. The van der Waals surface area contributed by atoms with E-state index in [4.69, 9.17) is 0 Å². The Bertz CT molecular complexity index is 884. The first kappa shape index (κ1) is 17.4. The van der Waals surface area contributed by atoms with Crippen molar-refractivity contribution in [3.8, 4) is 5.69 Å². The summed E-state index contributed by atoms with van der Waals surface area (Å²) in [5.74, 6) is 0.442. The topological polar surface area (TPSA) is 47.8 Å². The van der Waals surface area contributed by atoms with Crippen LogP contribution in [-0.2, 0) is 6.42 Å². The third-order valence-corrected chi connectivity index (χ3v) is 5.09. The highest BCUT2D eigenvalue weighted by Gasteiger charge is 2.13. The summed E-state index contributed by atoms with van der Waals surface area (Å²) in [6.45, 7) is 6.24. The van der Waals surface area contributed by atoms with Gasteiger partial charge in [-0.3, -0.25) is 9.36 Å². The second kappa shape index (κ2) is 7.66. The summed E-state index contributed by atoms with van der Waals surface area (Å²) in [5.41, 5.74) is 5.39. The molecule has 0 aliphatic heterocycles. The van der Waals surface area contributed by atoms with Crippen LogP contribution in [0.1, 0.15) is 34.0 Å². The van der Waals surface area contributed by atoms with E-state index in [0.29, 0.717) is 5.75 Å². The summed E-state index contributed by atoms with van der Waals surface area (Å²) >= 11 is 1.41. The minimum absolute atomic E-state index is 0.0998. The van der Waals surface area contributed by atoms with E-state index in [9.17, 15) is 4.79 Å². The Hall–Kier alpha value is -2.40. The predicted octanol–water partition coefficient (Wildman–Crippen LogP) is 4.42. The molecule has 128 valence electrons. The van der Waals surface area contributed by atoms with Crippen molar-refractivity contribution in [2.75, 3.05) is 5.75 Å². The van der Waals surface area contributed by atoms with Crippen molar-refractivity contribution in [1.82, 2.24) is 14.8 Å². The molecule has 0 aliphatic rings. The summed E-state index contributed by atoms with van der Waals surface area (Å²) in [6.07, 6.45) is 2.67. The molecule has 1 aromatic heterocycles. The van der Waals surface area contributed by atoms with Gasteiger partial charge in [0.2, 0.25) is 0 Å². The Labute approximate surface area is 152 Å².